The summed E-state index contributed by atoms with van der Waals surface area (Å²) in [4.78, 5) is 32.5. The van der Waals surface area contributed by atoms with Crippen LogP contribution in [0.3, 0.4) is 0 Å². The van der Waals surface area contributed by atoms with Gasteiger partial charge in [-0.3, -0.25) is 9.59 Å². The van der Waals surface area contributed by atoms with Crippen LogP contribution >= 0.6 is 0 Å². The van der Waals surface area contributed by atoms with Crippen LogP contribution in [0.1, 0.15) is 33.6 Å². The molecule has 7 nitrogen and oxygen atoms in total. The molecule has 0 bridgehead atoms. The van der Waals surface area contributed by atoms with E-state index in [1.54, 1.807) is 11.0 Å². The minimum absolute atomic E-state index is 0.0344. The zero-order valence-electron chi connectivity index (χ0n) is 13.3. The molecule has 1 amide bonds. The summed E-state index contributed by atoms with van der Waals surface area (Å²) in [5.41, 5.74) is 1.36. The highest BCUT2D eigenvalue weighted by molar-refractivity contribution is 5.94. The Bertz CT molecular complexity index is 901. The molecule has 1 fully saturated rings. The first-order valence-corrected chi connectivity index (χ1v) is 8.01. The SMILES string of the molecule is O=C(c1ccc(=O)[nH]c1)N1C[C@H](c2ccccc2)[C@@H](c2ncon2)C1. The van der Waals surface area contributed by atoms with Crippen LogP contribution in [0.25, 0.3) is 0 Å². The highest BCUT2D eigenvalue weighted by Gasteiger charge is 2.39. The standard InChI is InChI=1S/C18H16N4O3/c23-16-7-6-13(8-19-16)18(24)22-9-14(12-4-2-1-3-5-12)15(10-22)17-20-11-25-21-17/h1-8,11,14-15H,9-10H2,(H,19,23)/t14-,15+/m1/s1. The number of benzene rings is 1. The molecular weight excluding hydrogens is 320 g/mol. The van der Waals surface area contributed by atoms with Gasteiger partial charge >= 0.3 is 0 Å². The maximum atomic E-state index is 12.8. The first-order valence-electron chi connectivity index (χ1n) is 8.01. The monoisotopic (exact) mass is 336 g/mol. The molecule has 3 heterocycles. The molecule has 25 heavy (non-hydrogen) atoms. The second-order valence-electron chi connectivity index (χ2n) is 6.06. The highest BCUT2D eigenvalue weighted by atomic mass is 16.5. The highest BCUT2D eigenvalue weighted by Crippen LogP contribution is 2.38. The van der Waals surface area contributed by atoms with E-state index >= 15 is 0 Å². The topological polar surface area (TPSA) is 92.1 Å². The summed E-state index contributed by atoms with van der Waals surface area (Å²) in [6.45, 7) is 1.05. The summed E-state index contributed by atoms with van der Waals surface area (Å²) < 4.78 is 4.90. The summed E-state index contributed by atoms with van der Waals surface area (Å²) in [6, 6.07) is 12.9. The lowest BCUT2D eigenvalue weighted by molar-refractivity contribution is 0.0788. The number of hydrogen-bond donors (Lipinski definition) is 1. The number of nitrogens with one attached hydrogen (secondary N) is 1. The molecule has 1 N–H and O–H groups in total. The summed E-state index contributed by atoms with van der Waals surface area (Å²) in [5.74, 6) is 0.534. The third-order valence-electron chi connectivity index (χ3n) is 4.58. The van der Waals surface area contributed by atoms with Gasteiger partial charge in [0, 0.05) is 37.2 Å². The predicted molar refractivity (Wildman–Crippen MR) is 89.2 cm³/mol. The first-order chi connectivity index (χ1) is 12.2. The van der Waals surface area contributed by atoms with Crippen LogP contribution in [0.15, 0.2) is 64.4 Å². The van der Waals surface area contributed by atoms with Crippen LogP contribution in [-0.2, 0) is 0 Å². The molecule has 4 rings (SSSR count). The minimum Gasteiger partial charge on any atom is -0.343 e. The summed E-state index contributed by atoms with van der Waals surface area (Å²) >= 11 is 0. The molecular formula is C18H16N4O3. The average Bonchev–Trinajstić information content (AvgIpc) is 3.32. The number of aromatic nitrogens is 3. The zero-order valence-corrected chi connectivity index (χ0v) is 13.3. The Morgan fingerprint density at radius 3 is 2.60 bits per heavy atom. The molecule has 2 atom stereocenters. The van der Waals surface area contributed by atoms with Gasteiger partial charge in [-0.2, -0.15) is 4.98 Å². The van der Waals surface area contributed by atoms with E-state index < -0.39 is 0 Å². The van der Waals surface area contributed by atoms with Crippen molar-refractivity contribution in [2.75, 3.05) is 13.1 Å². The average molecular weight is 336 g/mol. The van der Waals surface area contributed by atoms with Gasteiger partial charge < -0.3 is 14.4 Å². The Kier molecular flexibility index (Phi) is 3.89. The minimum atomic E-state index is -0.232. The molecule has 2 aromatic heterocycles. The molecule has 126 valence electrons. The van der Waals surface area contributed by atoms with Crippen LogP contribution in [0.4, 0.5) is 0 Å². The number of pyridine rings is 1. The van der Waals surface area contributed by atoms with Crippen molar-refractivity contribution in [3.8, 4) is 0 Å². The van der Waals surface area contributed by atoms with E-state index in [0.29, 0.717) is 24.5 Å². The van der Waals surface area contributed by atoms with Gasteiger partial charge in [-0.15, -0.1) is 0 Å². The van der Waals surface area contributed by atoms with E-state index in [4.69, 9.17) is 4.52 Å². The van der Waals surface area contributed by atoms with E-state index in [9.17, 15) is 9.59 Å². The van der Waals surface area contributed by atoms with Crippen LogP contribution in [0.2, 0.25) is 0 Å². The van der Waals surface area contributed by atoms with Crippen molar-refractivity contribution in [3.05, 3.63) is 82.4 Å². The summed E-state index contributed by atoms with van der Waals surface area (Å²) in [7, 11) is 0. The molecule has 0 saturated carbocycles. The van der Waals surface area contributed by atoms with E-state index in [1.165, 1.54) is 18.7 Å². The van der Waals surface area contributed by atoms with Gasteiger partial charge in [0.1, 0.15) is 0 Å². The summed E-state index contributed by atoms with van der Waals surface area (Å²) in [6.07, 6.45) is 2.76. The maximum Gasteiger partial charge on any atom is 0.255 e. The van der Waals surface area contributed by atoms with Crippen molar-refractivity contribution in [2.45, 2.75) is 11.8 Å². The lowest BCUT2D eigenvalue weighted by Gasteiger charge is -2.16. The molecule has 3 aromatic rings. The lowest BCUT2D eigenvalue weighted by Crippen LogP contribution is -2.29. The molecule has 0 radical (unpaired) electrons. The van der Waals surface area contributed by atoms with Crippen LogP contribution in [-0.4, -0.2) is 39.0 Å². The van der Waals surface area contributed by atoms with Crippen LogP contribution < -0.4 is 5.56 Å². The van der Waals surface area contributed by atoms with E-state index in [1.807, 2.05) is 30.3 Å². The van der Waals surface area contributed by atoms with Gasteiger partial charge in [0.05, 0.1) is 5.56 Å². The van der Waals surface area contributed by atoms with Crippen LogP contribution in [0.5, 0.6) is 0 Å². The Labute approximate surface area is 143 Å². The van der Waals surface area contributed by atoms with Crippen molar-refractivity contribution in [1.82, 2.24) is 20.0 Å². The van der Waals surface area contributed by atoms with Gasteiger partial charge in [0.2, 0.25) is 12.0 Å². The normalized spacial score (nSPS) is 19.9. The number of nitrogens with zero attached hydrogens (tertiary/aromatic N) is 3. The molecule has 0 aliphatic carbocycles. The van der Waals surface area contributed by atoms with Gasteiger partial charge in [0.15, 0.2) is 5.82 Å². The van der Waals surface area contributed by atoms with Crippen molar-refractivity contribution in [2.24, 2.45) is 0 Å². The largest absolute Gasteiger partial charge is 0.343 e. The third kappa shape index (κ3) is 2.96. The van der Waals surface area contributed by atoms with Crippen molar-refractivity contribution < 1.29 is 9.32 Å². The number of aromatic amines is 1. The van der Waals surface area contributed by atoms with E-state index in [-0.39, 0.29) is 23.3 Å². The van der Waals surface area contributed by atoms with Gasteiger partial charge in [-0.05, 0) is 11.6 Å². The van der Waals surface area contributed by atoms with E-state index in [2.05, 4.69) is 15.1 Å². The molecule has 1 saturated heterocycles. The molecule has 1 aliphatic heterocycles. The number of carbonyl (C=O) groups is 1. The van der Waals surface area contributed by atoms with E-state index in [0.717, 1.165) is 5.56 Å². The number of carbonyl (C=O) groups excluding carboxylic acids is 1. The van der Waals surface area contributed by atoms with Crippen molar-refractivity contribution in [1.29, 1.82) is 0 Å². The quantitative estimate of drug-likeness (QED) is 0.787. The third-order valence-corrected chi connectivity index (χ3v) is 4.58. The fourth-order valence-electron chi connectivity index (χ4n) is 3.34. The van der Waals surface area contributed by atoms with Crippen LogP contribution in [0, 0.1) is 0 Å². The Balaban J connectivity index is 1.64. The number of likely N-dealkylation sites (tertiary alicyclic amines) is 1. The first kappa shape index (κ1) is 15.3. The van der Waals surface area contributed by atoms with Crippen molar-refractivity contribution in [3.63, 3.8) is 0 Å². The zero-order chi connectivity index (χ0) is 17.2. The number of hydrogen-bond acceptors (Lipinski definition) is 5. The number of amides is 1. The molecule has 0 spiro atoms. The molecule has 1 aromatic carbocycles. The molecule has 0 unspecified atom stereocenters. The van der Waals surface area contributed by atoms with Gasteiger partial charge in [0.25, 0.3) is 5.91 Å². The smallest absolute Gasteiger partial charge is 0.255 e. The second kappa shape index (κ2) is 6.35. The maximum absolute atomic E-state index is 12.8. The van der Waals surface area contributed by atoms with Crippen molar-refractivity contribution >= 4 is 5.91 Å². The second-order valence-corrected chi connectivity index (χ2v) is 6.06. The Morgan fingerprint density at radius 1 is 1.12 bits per heavy atom. The fourth-order valence-corrected chi connectivity index (χ4v) is 3.34. The Morgan fingerprint density at radius 2 is 1.92 bits per heavy atom. The molecule has 1 aliphatic rings. The van der Waals surface area contributed by atoms with Gasteiger partial charge in [-0.1, -0.05) is 35.5 Å². The van der Waals surface area contributed by atoms with Gasteiger partial charge in [-0.25, -0.2) is 0 Å². The molecule has 7 heteroatoms. The Hall–Kier alpha value is -3.22. The fraction of sp³-hybridized carbons (Fsp3) is 0.222. The summed E-state index contributed by atoms with van der Waals surface area (Å²) in [5, 5.41) is 3.98. The lowest BCUT2D eigenvalue weighted by atomic mass is 9.88. The predicted octanol–water partition coefficient (Wildman–Crippen LogP) is 1.78. The number of H-pyrrole nitrogens is 1. The number of rotatable bonds is 3.